The van der Waals surface area contributed by atoms with Gasteiger partial charge in [0.15, 0.2) is 0 Å². The van der Waals surface area contributed by atoms with Crippen molar-refractivity contribution in [2.24, 2.45) is 0 Å². The summed E-state index contributed by atoms with van der Waals surface area (Å²) in [4.78, 5) is 13.1. The number of methoxy groups -OCH3 is 1. The number of carbonyl (C=O) groups is 1. The molecule has 0 radical (unpaired) electrons. The monoisotopic (exact) mass is 418 g/mol. The van der Waals surface area contributed by atoms with Crippen molar-refractivity contribution < 1.29 is 17.9 Å². The highest BCUT2D eigenvalue weighted by Gasteiger charge is 2.29. The van der Waals surface area contributed by atoms with Gasteiger partial charge < -0.3 is 10.1 Å². The number of benzene rings is 2. The third-order valence-electron chi connectivity index (χ3n) is 4.58. The topological polar surface area (TPSA) is 84.5 Å². The first-order chi connectivity index (χ1) is 13.6. The average molecular weight is 419 g/mol. The van der Waals surface area contributed by atoms with Crippen molar-refractivity contribution in [2.45, 2.75) is 51.1 Å². The van der Waals surface area contributed by atoms with Gasteiger partial charge in [-0.05, 0) is 50.8 Å². The van der Waals surface area contributed by atoms with E-state index in [0.717, 1.165) is 11.1 Å². The summed E-state index contributed by atoms with van der Waals surface area (Å²) >= 11 is 0. The first kappa shape index (κ1) is 23.1. The number of nitrogens with one attached hydrogen (secondary N) is 2. The molecule has 0 unspecified atom stereocenters. The van der Waals surface area contributed by atoms with Gasteiger partial charge in [-0.2, -0.15) is 4.72 Å². The molecule has 2 N–H and O–H groups in total. The van der Waals surface area contributed by atoms with Crippen LogP contribution in [0.1, 0.15) is 29.2 Å². The van der Waals surface area contributed by atoms with Gasteiger partial charge >= 0.3 is 0 Å². The van der Waals surface area contributed by atoms with Gasteiger partial charge in [0.1, 0.15) is 6.04 Å². The first-order valence-electron chi connectivity index (χ1n) is 9.57. The highest BCUT2D eigenvalue weighted by Crippen LogP contribution is 2.22. The van der Waals surface area contributed by atoms with E-state index < -0.39 is 16.1 Å². The summed E-state index contributed by atoms with van der Waals surface area (Å²) in [6.45, 7) is 7.60. The van der Waals surface area contributed by atoms with Gasteiger partial charge in [0, 0.05) is 13.2 Å². The molecule has 0 aliphatic heterocycles. The van der Waals surface area contributed by atoms with Crippen molar-refractivity contribution in [1.29, 1.82) is 0 Å². The maximum Gasteiger partial charge on any atom is 0.241 e. The van der Waals surface area contributed by atoms with Gasteiger partial charge in [-0.25, -0.2) is 8.42 Å². The lowest BCUT2D eigenvalue weighted by molar-refractivity contribution is -0.123. The third-order valence-corrected chi connectivity index (χ3v) is 6.35. The zero-order chi connectivity index (χ0) is 21.6. The van der Waals surface area contributed by atoms with E-state index >= 15 is 0 Å². The van der Waals surface area contributed by atoms with Crippen molar-refractivity contribution in [1.82, 2.24) is 10.0 Å². The minimum Gasteiger partial charge on any atom is -0.383 e. The van der Waals surface area contributed by atoms with E-state index in [1.807, 2.05) is 56.3 Å². The molecule has 0 heterocycles. The summed E-state index contributed by atoms with van der Waals surface area (Å²) in [7, 11) is -2.34. The maximum absolute atomic E-state index is 13.2. The molecule has 0 saturated carbocycles. The fourth-order valence-electron chi connectivity index (χ4n) is 3.51. The van der Waals surface area contributed by atoms with E-state index in [2.05, 4.69) is 10.0 Å². The van der Waals surface area contributed by atoms with Gasteiger partial charge in [-0.3, -0.25) is 4.79 Å². The Morgan fingerprint density at radius 2 is 1.66 bits per heavy atom. The first-order valence-corrected chi connectivity index (χ1v) is 11.1. The molecule has 2 atom stereocenters. The molecular formula is C22H30N2O4S. The number of hydrogen-bond donors (Lipinski definition) is 2. The largest absolute Gasteiger partial charge is 0.383 e. The number of rotatable bonds is 9. The number of hydrogen-bond acceptors (Lipinski definition) is 4. The second-order valence-corrected chi connectivity index (χ2v) is 9.11. The molecule has 0 saturated heterocycles. The van der Waals surface area contributed by atoms with Crippen LogP contribution in [-0.4, -0.2) is 40.1 Å². The molecule has 1 amide bonds. The van der Waals surface area contributed by atoms with Gasteiger partial charge in [-0.15, -0.1) is 0 Å². The molecule has 0 fully saturated rings. The highest BCUT2D eigenvalue weighted by molar-refractivity contribution is 7.89. The molecule has 158 valence electrons. The molecule has 2 rings (SSSR count). The van der Waals surface area contributed by atoms with Crippen molar-refractivity contribution in [2.75, 3.05) is 13.7 Å². The molecule has 0 spiro atoms. The van der Waals surface area contributed by atoms with Gasteiger partial charge in [0.05, 0.1) is 11.5 Å². The summed E-state index contributed by atoms with van der Waals surface area (Å²) in [6, 6.07) is 11.8. The maximum atomic E-state index is 13.2. The van der Waals surface area contributed by atoms with Crippen molar-refractivity contribution in [3.05, 3.63) is 64.7 Å². The number of carbonyl (C=O) groups excluding carboxylic acids is 1. The molecule has 0 bridgehead atoms. The Morgan fingerprint density at radius 3 is 2.21 bits per heavy atom. The van der Waals surface area contributed by atoms with Crippen LogP contribution in [0.2, 0.25) is 0 Å². The molecular weight excluding hydrogens is 388 g/mol. The van der Waals surface area contributed by atoms with Crippen molar-refractivity contribution in [3.8, 4) is 0 Å². The zero-order valence-electron chi connectivity index (χ0n) is 17.7. The van der Waals surface area contributed by atoms with Crippen molar-refractivity contribution >= 4 is 15.9 Å². The quantitative estimate of drug-likeness (QED) is 0.656. The Hall–Kier alpha value is -2.22. The summed E-state index contributed by atoms with van der Waals surface area (Å²) in [5.74, 6) is -0.385. The Bertz CT molecular complexity index is 920. The van der Waals surface area contributed by atoms with Crippen LogP contribution in [0.25, 0.3) is 0 Å². The summed E-state index contributed by atoms with van der Waals surface area (Å²) in [5.41, 5.74) is 3.17. The van der Waals surface area contributed by atoms with Crippen molar-refractivity contribution in [3.63, 3.8) is 0 Å². The van der Waals surface area contributed by atoms with Crippen LogP contribution in [0, 0.1) is 20.8 Å². The lowest BCUT2D eigenvalue weighted by Crippen LogP contribution is -2.51. The average Bonchev–Trinajstić information content (AvgIpc) is 2.60. The molecule has 29 heavy (non-hydrogen) atoms. The summed E-state index contributed by atoms with van der Waals surface area (Å²) in [5, 5.41) is 2.82. The van der Waals surface area contributed by atoms with Gasteiger partial charge in [0.25, 0.3) is 0 Å². The normalized spacial score (nSPS) is 13.7. The van der Waals surface area contributed by atoms with Gasteiger partial charge in [-0.1, -0.05) is 48.0 Å². The number of aryl methyl sites for hydroxylation is 3. The molecule has 0 aromatic heterocycles. The Kier molecular flexibility index (Phi) is 7.96. The van der Waals surface area contributed by atoms with Crippen LogP contribution in [0.5, 0.6) is 0 Å². The number of ether oxygens (including phenoxy) is 1. The minimum atomic E-state index is -3.89. The summed E-state index contributed by atoms with van der Waals surface area (Å²) < 4.78 is 34.1. The molecule has 7 heteroatoms. The van der Waals surface area contributed by atoms with Crippen LogP contribution < -0.4 is 10.0 Å². The predicted octanol–water partition coefficient (Wildman–Crippen LogP) is 2.65. The van der Waals surface area contributed by atoms with Gasteiger partial charge in [0.2, 0.25) is 15.9 Å². The van der Waals surface area contributed by atoms with E-state index in [0.29, 0.717) is 17.7 Å². The zero-order valence-corrected chi connectivity index (χ0v) is 18.5. The lowest BCUT2D eigenvalue weighted by Gasteiger charge is -2.22. The van der Waals surface area contributed by atoms with E-state index in [-0.39, 0.29) is 23.3 Å². The Labute approximate surface area is 173 Å². The molecule has 6 nitrogen and oxygen atoms in total. The van der Waals surface area contributed by atoms with Crippen LogP contribution >= 0.6 is 0 Å². The van der Waals surface area contributed by atoms with Crippen LogP contribution in [0.3, 0.4) is 0 Å². The smallest absolute Gasteiger partial charge is 0.241 e. The van der Waals surface area contributed by atoms with Crippen LogP contribution in [0.15, 0.2) is 47.4 Å². The molecule has 2 aromatic rings. The lowest BCUT2D eigenvalue weighted by atomic mass is 10.1. The van der Waals surface area contributed by atoms with E-state index in [1.54, 1.807) is 21.0 Å². The molecule has 0 aliphatic rings. The SMILES string of the molecule is COC[C@H](C)NC(=O)[C@@H](Cc1ccccc1)NS(=O)(=O)c1c(C)cc(C)cc1C. The predicted molar refractivity (Wildman–Crippen MR) is 114 cm³/mol. The second-order valence-electron chi connectivity index (χ2n) is 7.46. The summed E-state index contributed by atoms with van der Waals surface area (Å²) in [6.07, 6.45) is 0.246. The number of amides is 1. The Balaban J connectivity index is 2.34. The number of sulfonamides is 1. The standard InChI is InChI=1S/C22H30N2O4S/c1-15-11-16(2)21(17(3)12-15)29(26,27)24-20(13-19-9-7-6-8-10-19)22(25)23-18(4)14-28-5/h6-12,18,20,24H,13-14H2,1-5H3,(H,23,25)/t18-,20+/m0/s1. The van der Waals surface area contributed by atoms with E-state index in [4.69, 9.17) is 4.74 Å². The Morgan fingerprint density at radius 1 is 1.07 bits per heavy atom. The molecule has 0 aliphatic carbocycles. The second kappa shape index (κ2) is 10.0. The van der Waals surface area contributed by atoms with Crippen LogP contribution in [-0.2, 0) is 26.0 Å². The minimum absolute atomic E-state index is 0.221. The van der Waals surface area contributed by atoms with E-state index in [9.17, 15) is 13.2 Å². The van der Waals surface area contributed by atoms with E-state index in [1.165, 1.54) is 0 Å². The fraction of sp³-hybridized carbons (Fsp3) is 0.409. The molecule has 2 aromatic carbocycles. The van der Waals surface area contributed by atoms with Crippen LogP contribution in [0.4, 0.5) is 0 Å². The fourth-order valence-corrected chi connectivity index (χ4v) is 5.16. The third kappa shape index (κ3) is 6.39. The highest BCUT2D eigenvalue weighted by atomic mass is 32.2.